The number of aryl methyl sites for hydroxylation is 1. The summed E-state index contributed by atoms with van der Waals surface area (Å²) in [6, 6.07) is 1.99. The molecule has 0 saturated heterocycles. The molecule has 0 aliphatic carbocycles. The summed E-state index contributed by atoms with van der Waals surface area (Å²) in [5, 5.41) is 8.63. The van der Waals surface area contributed by atoms with E-state index in [1.807, 2.05) is 19.1 Å². The van der Waals surface area contributed by atoms with Crippen molar-refractivity contribution in [1.82, 2.24) is 0 Å². The van der Waals surface area contributed by atoms with Crippen molar-refractivity contribution < 1.29 is 9.52 Å². The van der Waals surface area contributed by atoms with Gasteiger partial charge in [0.05, 0.1) is 19.1 Å². The van der Waals surface area contributed by atoms with Crippen LogP contribution in [0.4, 0.5) is 0 Å². The van der Waals surface area contributed by atoms with Gasteiger partial charge in [0.2, 0.25) is 0 Å². The number of aliphatic hydroxyl groups is 1. The van der Waals surface area contributed by atoms with E-state index in [1.54, 1.807) is 12.5 Å². The molecule has 72 valence electrons. The van der Waals surface area contributed by atoms with Crippen molar-refractivity contribution in [2.24, 2.45) is 0 Å². The molecule has 0 atom stereocenters. The second-order valence-corrected chi connectivity index (χ2v) is 3.22. The lowest BCUT2D eigenvalue weighted by atomic mass is 10.1. The van der Waals surface area contributed by atoms with Crippen LogP contribution in [0.25, 0.3) is 0 Å². The Bertz CT molecular complexity index is 247. The molecule has 1 aromatic heterocycles. The summed E-state index contributed by atoms with van der Waals surface area (Å²) >= 11 is 0. The van der Waals surface area contributed by atoms with E-state index in [1.165, 1.54) is 11.1 Å². The summed E-state index contributed by atoms with van der Waals surface area (Å²) < 4.78 is 4.96. The number of rotatable bonds is 5. The van der Waals surface area contributed by atoms with Gasteiger partial charge in [0.15, 0.2) is 0 Å². The third-order valence-corrected chi connectivity index (χ3v) is 2.06. The number of allylic oxidation sites excluding steroid dienone is 1. The van der Waals surface area contributed by atoms with E-state index in [0.717, 1.165) is 19.3 Å². The minimum absolute atomic E-state index is 0.150. The minimum Gasteiger partial charge on any atom is -0.472 e. The van der Waals surface area contributed by atoms with Gasteiger partial charge in [-0.2, -0.15) is 0 Å². The molecule has 0 saturated carbocycles. The highest BCUT2D eigenvalue weighted by atomic mass is 16.3. The van der Waals surface area contributed by atoms with Gasteiger partial charge in [-0.3, -0.25) is 0 Å². The molecular formula is C11H16O2. The number of furan rings is 1. The Morgan fingerprint density at radius 1 is 1.62 bits per heavy atom. The van der Waals surface area contributed by atoms with Crippen LogP contribution in [0.1, 0.15) is 25.3 Å². The second kappa shape index (κ2) is 5.60. The van der Waals surface area contributed by atoms with Crippen LogP contribution in [0.5, 0.6) is 0 Å². The van der Waals surface area contributed by atoms with E-state index in [2.05, 4.69) is 0 Å². The molecule has 0 radical (unpaired) electrons. The summed E-state index contributed by atoms with van der Waals surface area (Å²) in [5.74, 6) is 0. The zero-order chi connectivity index (χ0) is 9.52. The zero-order valence-corrected chi connectivity index (χ0v) is 7.99. The molecule has 1 rings (SSSR count). The fourth-order valence-electron chi connectivity index (χ4n) is 1.26. The van der Waals surface area contributed by atoms with E-state index in [9.17, 15) is 0 Å². The SMILES string of the molecule is C/C(=C\CO)CCCc1ccoc1. The van der Waals surface area contributed by atoms with Gasteiger partial charge in [-0.1, -0.05) is 11.6 Å². The van der Waals surface area contributed by atoms with E-state index in [0.29, 0.717) is 0 Å². The molecule has 1 N–H and O–H groups in total. The van der Waals surface area contributed by atoms with Crippen LogP contribution < -0.4 is 0 Å². The Hall–Kier alpha value is -1.02. The molecule has 13 heavy (non-hydrogen) atoms. The molecule has 2 nitrogen and oxygen atoms in total. The van der Waals surface area contributed by atoms with E-state index in [4.69, 9.17) is 9.52 Å². The number of hydrogen-bond acceptors (Lipinski definition) is 2. The maximum absolute atomic E-state index is 8.63. The molecule has 2 heteroatoms. The van der Waals surface area contributed by atoms with Crippen LogP contribution in [0, 0.1) is 0 Å². The molecular weight excluding hydrogens is 164 g/mol. The predicted octanol–water partition coefficient (Wildman–Crippen LogP) is 2.54. The Kier molecular flexibility index (Phi) is 4.33. The summed E-state index contributed by atoms with van der Waals surface area (Å²) in [6.45, 7) is 2.20. The van der Waals surface area contributed by atoms with E-state index >= 15 is 0 Å². The van der Waals surface area contributed by atoms with Gasteiger partial charge in [-0.15, -0.1) is 0 Å². The van der Waals surface area contributed by atoms with Gasteiger partial charge >= 0.3 is 0 Å². The van der Waals surface area contributed by atoms with Crippen LogP contribution in [0.2, 0.25) is 0 Å². The van der Waals surface area contributed by atoms with Crippen LogP contribution in [-0.4, -0.2) is 11.7 Å². The molecule has 0 spiro atoms. The van der Waals surface area contributed by atoms with Gasteiger partial charge in [0, 0.05) is 0 Å². The number of aliphatic hydroxyl groups excluding tert-OH is 1. The zero-order valence-electron chi connectivity index (χ0n) is 7.99. The summed E-state index contributed by atoms with van der Waals surface area (Å²) in [6.07, 6.45) is 8.55. The Labute approximate surface area is 78.9 Å². The van der Waals surface area contributed by atoms with Crippen molar-refractivity contribution in [3.05, 3.63) is 35.8 Å². The summed E-state index contributed by atoms with van der Waals surface area (Å²) in [7, 11) is 0. The van der Waals surface area contributed by atoms with Crippen LogP contribution in [0.15, 0.2) is 34.7 Å². The third-order valence-electron chi connectivity index (χ3n) is 2.06. The van der Waals surface area contributed by atoms with Gasteiger partial charge in [0.1, 0.15) is 0 Å². The highest BCUT2D eigenvalue weighted by Gasteiger charge is 1.95. The third kappa shape index (κ3) is 3.95. The molecule has 0 amide bonds. The highest BCUT2D eigenvalue weighted by molar-refractivity contribution is 5.06. The smallest absolute Gasteiger partial charge is 0.0934 e. The quantitative estimate of drug-likeness (QED) is 0.706. The summed E-state index contributed by atoms with van der Waals surface area (Å²) in [5.41, 5.74) is 2.50. The molecule has 0 aliphatic heterocycles. The first-order valence-corrected chi connectivity index (χ1v) is 4.60. The normalized spacial score (nSPS) is 12.0. The second-order valence-electron chi connectivity index (χ2n) is 3.22. The number of hydrogen-bond donors (Lipinski definition) is 1. The summed E-state index contributed by atoms with van der Waals surface area (Å²) in [4.78, 5) is 0. The fraction of sp³-hybridized carbons (Fsp3) is 0.455. The Balaban J connectivity index is 2.18. The first-order valence-electron chi connectivity index (χ1n) is 4.60. The molecule has 0 unspecified atom stereocenters. The van der Waals surface area contributed by atoms with Gasteiger partial charge in [-0.05, 0) is 37.8 Å². The molecule has 1 heterocycles. The predicted molar refractivity (Wildman–Crippen MR) is 52.5 cm³/mol. The minimum atomic E-state index is 0.150. The van der Waals surface area contributed by atoms with Gasteiger partial charge in [-0.25, -0.2) is 0 Å². The first-order chi connectivity index (χ1) is 6.33. The Morgan fingerprint density at radius 3 is 3.08 bits per heavy atom. The lowest BCUT2D eigenvalue weighted by Gasteiger charge is -1.98. The molecule has 0 fully saturated rings. The lowest BCUT2D eigenvalue weighted by Crippen LogP contribution is -1.85. The molecule has 0 aromatic carbocycles. The lowest BCUT2D eigenvalue weighted by molar-refractivity contribution is 0.341. The maximum Gasteiger partial charge on any atom is 0.0934 e. The van der Waals surface area contributed by atoms with Crippen molar-refractivity contribution in [2.75, 3.05) is 6.61 Å². The van der Waals surface area contributed by atoms with Gasteiger partial charge in [0.25, 0.3) is 0 Å². The van der Waals surface area contributed by atoms with E-state index in [-0.39, 0.29) is 6.61 Å². The van der Waals surface area contributed by atoms with Crippen molar-refractivity contribution in [3.63, 3.8) is 0 Å². The Morgan fingerprint density at radius 2 is 2.46 bits per heavy atom. The average molecular weight is 180 g/mol. The van der Waals surface area contributed by atoms with Gasteiger partial charge < -0.3 is 9.52 Å². The van der Waals surface area contributed by atoms with Crippen molar-refractivity contribution >= 4 is 0 Å². The largest absolute Gasteiger partial charge is 0.472 e. The van der Waals surface area contributed by atoms with Crippen molar-refractivity contribution in [2.45, 2.75) is 26.2 Å². The highest BCUT2D eigenvalue weighted by Crippen LogP contribution is 2.09. The van der Waals surface area contributed by atoms with Crippen LogP contribution >= 0.6 is 0 Å². The van der Waals surface area contributed by atoms with Crippen molar-refractivity contribution in [1.29, 1.82) is 0 Å². The van der Waals surface area contributed by atoms with Crippen LogP contribution in [-0.2, 0) is 6.42 Å². The van der Waals surface area contributed by atoms with Crippen LogP contribution in [0.3, 0.4) is 0 Å². The molecule has 0 bridgehead atoms. The maximum atomic E-state index is 8.63. The molecule has 0 aliphatic rings. The topological polar surface area (TPSA) is 33.4 Å². The average Bonchev–Trinajstić information content (AvgIpc) is 2.57. The molecule has 1 aromatic rings. The fourth-order valence-corrected chi connectivity index (χ4v) is 1.26. The first kappa shape index (κ1) is 10.1. The monoisotopic (exact) mass is 180 g/mol. The standard InChI is InChI=1S/C11H16O2/c1-10(5-7-12)3-2-4-11-6-8-13-9-11/h5-6,8-9,12H,2-4,7H2,1H3/b10-5+. The van der Waals surface area contributed by atoms with E-state index < -0.39 is 0 Å². The van der Waals surface area contributed by atoms with Crippen molar-refractivity contribution in [3.8, 4) is 0 Å².